The van der Waals surface area contributed by atoms with Gasteiger partial charge in [-0.05, 0) is 45.6 Å². The highest BCUT2D eigenvalue weighted by atomic mass is 79.9. The van der Waals surface area contributed by atoms with Crippen LogP contribution < -0.4 is 5.32 Å². The fraction of sp³-hybridized carbons (Fsp3) is 0.294. The molecule has 114 valence electrons. The van der Waals surface area contributed by atoms with Crippen LogP contribution in [0.3, 0.4) is 0 Å². The van der Waals surface area contributed by atoms with Gasteiger partial charge >= 0.3 is 0 Å². The molecule has 2 aromatic heterocycles. The van der Waals surface area contributed by atoms with Crippen LogP contribution in [0.1, 0.15) is 15.8 Å². The molecule has 0 saturated carbocycles. The van der Waals surface area contributed by atoms with E-state index in [0.717, 1.165) is 26.2 Å². The van der Waals surface area contributed by atoms with E-state index in [1.807, 2.05) is 22.7 Å². The number of rotatable bonds is 3. The monoisotopic (exact) mass is 392 g/mol. The summed E-state index contributed by atoms with van der Waals surface area (Å²) in [6.07, 6.45) is 0. The van der Waals surface area contributed by atoms with Crippen molar-refractivity contribution in [2.45, 2.75) is 6.04 Å². The third-order valence-electron chi connectivity index (χ3n) is 4.09. The molecule has 22 heavy (non-hydrogen) atoms. The average molecular weight is 393 g/mol. The summed E-state index contributed by atoms with van der Waals surface area (Å²) >= 11 is 7.41. The Morgan fingerprint density at radius 2 is 1.82 bits per heavy atom. The minimum absolute atomic E-state index is 0.385. The van der Waals surface area contributed by atoms with Crippen LogP contribution in [-0.2, 0) is 0 Å². The lowest BCUT2D eigenvalue weighted by molar-refractivity contribution is 0.203. The van der Waals surface area contributed by atoms with Gasteiger partial charge in [-0.25, -0.2) is 0 Å². The van der Waals surface area contributed by atoms with Crippen LogP contribution in [0, 0.1) is 0 Å². The normalized spacial score (nSPS) is 17.9. The topological polar surface area (TPSA) is 15.3 Å². The molecule has 1 saturated heterocycles. The molecule has 0 radical (unpaired) electrons. The Hall–Kier alpha value is -0.720. The van der Waals surface area contributed by atoms with Crippen molar-refractivity contribution in [1.82, 2.24) is 10.2 Å². The SMILES string of the molecule is Brc1ccc(C(c2cc3ccccc3s2)N2CCNCC2)s1. The third-order valence-corrected chi connectivity index (χ3v) is 6.94. The van der Waals surface area contributed by atoms with Gasteiger partial charge < -0.3 is 5.32 Å². The second kappa shape index (κ2) is 6.42. The van der Waals surface area contributed by atoms with E-state index in [2.05, 4.69) is 68.6 Å². The highest BCUT2D eigenvalue weighted by Gasteiger charge is 2.26. The molecule has 1 atom stereocenters. The smallest absolute Gasteiger partial charge is 0.0791 e. The van der Waals surface area contributed by atoms with Crippen LogP contribution in [-0.4, -0.2) is 31.1 Å². The summed E-state index contributed by atoms with van der Waals surface area (Å²) in [6, 6.07) is 15.9. The fourth-order valence-corrected chi connectivity index (χ4v) is 5.92. The first-order chi connectivity index (χ1) is 10.8. The molecule has 1 unspecified atom stereocenters. The molecule has 0 aliphatic carbocycles. The molecule has 0 bridgehead atoms. The number of benzene rings is 1. The second-order valence-electron chi connectivity index (χ2n) is 5.52. The van der Waals surface area contributed by atoms with Gasteiger partial charge in [0.2, 0.25) is 0 Å². The number of thiophene rings is 2. The lowest BCUT2D eigenvalue weighted by atomic mass is 10.1. The summed E-state index contributed by atoms with van der Waals surface area (Å²) in [4.78, 5) is 5.50. The quantitative estimate of drug-likeness (QED) is 0.693. The van der Waals surface area contributed by atoms with E-state index in [9.17, 15) is 0 Å². The van der Waals surface area contributed by atoms with Crippen molar-refractivity contribution < 1.29 is 0 Å². The van der Waals surface area contributed by atoms with Gasteiger partial charge in [0.05, 0.1) is 9.83 Å². The molecule has 1 aliphatic heterocycles. The van der Waals surface area contributed by atoms with E-state index in [1.165, 1.54) is 23.6 Å². The fourth-order valence-electron chi connectivity index (χ4n) is 3.05. The lowest BCUT2D eigenvalue weighted by Crippen LogP contribution is -2.45. The Labute approximate surface area is 146 Å². The number of nitrogens with one attached hydrogen (secondary N) is 1. The van der Waals surface area contributed by atoms with E-state index >= 15 is 0 Å². The molecule has 0 spiro atoms. The van der Waals surface area contributed by atoms with Crippen LogP contribution >= 0.6 is 38.6 Å². The van der Waals surface area contributed by atoms with Crippen molar-refractivity contribution in [1.29, 1.82) is 0 Å². The first kappa shape index (κ1) is 14.8. The molecule has 2 nitrogen and oxygen atoms in total. The van der Waals surface area contributed by atoms with Crippen molar-refractivity contribution in [3.05, 3.63) is 56.0 Å². The summed E-state index contributed by atoms with van der Waals surface area (Å²) in [5, 5.41) is 4.82. The maximum Gasteiger partial charge on any atom is 0.0791 e. The predicted octanol–water partition coefficient (Wildman–Crippen LogP) is 4.72. The molecule has 4 rings (SSSR count). The molecule has 0 amide bonds. The molecule has 3 aromatic rings. The zero-order valence-electron chi connectivity index (χ0n) is 12.1. The Morgan fingerprint density at radius 1 is 1.00 bits per heavy atom. The first-order valence-corrected chi connectivity index (χ1v) is 9.92. The molecule has 5 heteroatoms. The van der Waals surface area contributed by atoms with Crippen molar-refractivity contribution in [2.75, 3.05) is 26.2 Å². The Bertz CT molecular complexity index is 741. The molecular weight excluding hydrogens is 376 g/mol. The van der Waals surface area contributed by atoms with Crippen molar-refractivity contribution in [3.8, 4) is 0 Å². The van der Waals surface area contributed by atoms with Gasteiger partial charge in [-0.15, -0.1) is 22.7 Å². The minimum atomic E-state index is 0.385. The third kappa shape index (κ3) is 2.88. The Morgan fingerprint density at radius 3 is 2.55 bits per heavy atom. The highest BCUT2D eigenvalue weighted by Crippen LogP contribution is 2.40. The average Bonchev–Trinajstić information content (AvgIpc) is 3.15. The number of halogens is 1. The molecular formula is C17H17BrN2S2. The first-order valence-electron chi connectivity index (χ1n) is 7.50. The minimum Gasteiger partial charge on any atom is -0.314 e. The van der Waals surface area contributed by atoms with Crippen LogP contribution in [0.25, 0.3) is 10.1 Å². The maximum absolute atomic E-state index is 3.62. The van der Waals surface area contributed by atoms with E-state index in [1.54, 1.807) is 0 Å². The second-order valence-corrected chi connectivity index (χ2v) is 9.13. The van der Waals surface area contributed by atoms with Crippen LogP contribution in [0.15, 0.2) is 46.3 Å². The molecule has 1 N–H and O–H groups in total. The standard InChI is InChI=1S/C17H17BrN2S2/c18-16-6-5-14(22-16)17(20-9-7-19-8-10-20)15-11-12-3-1-2-4-13(12)21-15/h1-6,11,17,19H,7-10H2. The summed E-state index contributed by atoms with van der Waals surface area (Å²) in [6.45, 7) is 4.37. The molecule has 1 fully saturated rings. The van der Waals surface area contributed by atoms with Gasteiger partial charge in [-0.1, -0.05) is 18.2 Å². The predicted molar refractivity (Wildman–Crippen MR) is 100 cm³/mol. The maximum atomic E-state index is 3.62. The summed E-state index contributed by atoms with van der Waals surface area (Å²) in [7, 11) is 0. The van der Waals surface area contributed by atoms with Crippen molar-refractivity contribution >= 4 is 48.7 Å². The van der Waals surface area contributed by atoms with E-state index in [-0.39, 0.29) is 0 Å². The van der Waals surface area contributed by atoms with Crippen LogP contribution in [0.4, 0.5) is 0 Å². The van der Waals surface area contributed by atoms with E-state index in [0.29, 0.717) is 6.04 Å². The van der Waals surface area contributed by atoms with Crippen LogP contribution in [0.2, 0.25) is 0 Å². The molecule has 3 heterocycles. The number of hydrogen-bond donors (Lipinski definition) is 1. The number of hydrogen-bond acceptors (Lipinski definition) is 4. The Kier molecular flexibility index (Phi) is 4.33. The van der Waals surface area contributed by atoms with Gasteiger partial charge in [0.15, 0.2) is 0 Å². The Balaban J connectivity index is 1.78. The molecule has 1 aliphatic rings. The lowest BCUT2D eigenvalue weighted by Gasteiger charge is -2.34. The van der Waals surface area contributed by atoms with Gasteiger partial charge in [0.25, 0.3) is 0 Å². The van der Waals surface area contributed by atoms with Crippen molar-refractivity contribution in [3.63, 3.8) is 0 Å². The van der Waals surface area contributed by atoms with Gasteiger partial charge in [-0.2, -0.15) is 0 Å². The summed E-state index contributed by atoms with van der Waals surface area (Å²) in [5.74, 6) is 0. The molecule has 1 aromatic carbocycles. The summed E-state index contributed by atoms with van der Waals surface area (Å²) in [5.41, 5.74) is 0. The number of piperazine rings is 1. The van der Waals surface area contributed by atoms with Gasteiger partial charge in [0, 0.05) is 40.6 Å². The number of fused-ring (bicyclic) bond motifs is 1. The van der Waals surface area contributed by atoms with Gasteiger partial charge in [0.1, 0.15) is 0 Å². The largest absolute Gasteiger partial charge is 0.314 e. The number of nitrogens with zero attached hydrogens (tertiary/aromatic N) is 1. The van der Waals surface area contributed by atoms with Gasteiger partial charge in [-0.3, -0.25) is 4.90 Å². The van der Waals surface area contributed by atoms with Crippen LogP contribution in [0.5, 0.6) is 0 Å². The van der Waals surface area contributed by atoms with Crippen molar-refractivity contribution in [2.24, 2.45) is 0 Å². The van der Waals surface area contributed by atoms with E-state index in [4.69, 9.17) is 0 Å². The summed E-state index contributed by atoms with van der Waals surface area (Å²) < 4.78 is 2.59. The van der Waals surface area contributed by atoms with E-state index < -0.39 is 0 Å². The zero-order valence-corrected chi connectivity index (χ0v) is 15.3. The zero-order chi connectivity index (χ0) is 14.9. The highest BCUT2D eigenvalue weighted by molar-refractivity contribution is 9.11.